The van der Waals surface area contributed by atoms with E-state index in [4.69, 9.17) is 11.5 Å². The second kappa shape index (κ2) is 2.53. The van der Waals surface area contributed by atoms with Crippen molar-refractivity contribution in [3.05, 3.63) is 17.5 Å². The number of amides is 1. The van der Waals surface area contributed by atoms with E-state index in [0.717, 1.165) is 0 Å². The summed E-state index contributed by atoms with van der Waals surface area (Å²) in [5, 5.41) is 0. The lowest BCUT2D eigenvalue weighted by Gasteiger charge is -1.98. The molecular formula is C6H8N4O. The quantitative estimate of drug-likeness (QED) is 0.565. The fourth-order valence-corrected chi connectivity index (χ4v) is 0.705. The van der Waals surface area contributed by atoms with Crippen molar-refractivity contribution in [2.24, 2.45) is 5.73 Å². The van der Waals surface area contributed by atoms with Crippen LogP contribution in [-0.2, 0) is 0 Å². The highest BCUT2D eigenvalue weighted by atomic mass is 16.1. The number of hydrogen-bond donors (Lipinski definition) is 2. The van der Waals surface area contributed by atoms with Gasteiger partial charge in [0.25, 0.3) is 5.91 Å². The fourth-order valence-electron chi connectivity index (χ4n) is 0.705. The van der Waals surface area contributed by atoms with Gasteiger partial charge in [-0.15, -0.1) is 0 Å². The van der Waals surface area contributed by atoms with Crippen LogP contribution in [0.1, 0.15) is 16.1 Å². The molecule has 0 fully saturated rings. The van der Waals surface area contributed by atoms with Gasteiger partial charge in [0.2, 0.25) is 5.95 Å². The predicted octanol–water partition coefficient (Wildman–Crippen LogP) is -0.534. The van der Waals surface area contributed by atoms with Crippen LogP contribution in [0, 0.1) is 6.92 Å². The summed E-state index contributed by atoms with van der Waals surface area (Å²) in [5.41, 5.74) is 11.0. The highest BCUT2D eigenvalue weighted by molar-refractivity contribution is 5.92. The summed E-state index contributed by atoms with van der Waals surface area (Å²) in [6.07, 6.45) is 1.46. The van der Waals surface area contributed by atoms with Crippen molar-refractivity contribution in [1.29, 1.82) is 0 Å². The number of aromatic nitrogens is 2. The summed E-state index contributed by atoms with van der Waals surface area (Å²) in [5.74, 6) is -0.527. The van der Waals surface area contributed by atoms with Crippen molar-refractivity contribution in [1.82, 2.24) is 9.97 Å². The summed E-state index contributed by atoms with van der Waals surface area (Å²) in [7, 11) is 0. The number of primary amides is 1. The zero-order valence-corrected chi connectivity index (χ0v) is 6.03. The Bertz CT molecular complexity index is 297. The third kappa shape index (κ3) is 1.43. The molecule has 1 aromatic heterocycles. The summed E-state index contributed by atoms with van der Waals surface area (Å²) >= 11 is 0. The van der Waals surface area contributed by atoms with Crippen LogP contribution >= 0.6 is 0 Å². The topological polar surface area (TPSA) is 94.9 Å². The van der Waals surface area contributed by atoms with Gasteiger partial charge in [0.1, 0.15) is 5.69 Å². The first-order chi connectivity index (χ1) is 5.11. The van der Waals surface area contributed by atoms with Crippen LogP contribution in [0.3, 0.4) is 0 Å². The van der Waals surface area contributed by atoms with Gasteiger partial charge >= 0.3 is 0 Å². The summed E-state index contributed by atoms with van der Waals surface area (Å²) < 4.78 is 0. The predicted molar refractivity (Wildman–Crippen MR) is 39.7 cm³/mol. The molecular weight excluding hydrogens is 144 g/mol. The lowest BCUT2D eigenvalue weighted by molar-refractivity contribution is 0.0995. The Labute approximate surface area is 63.4 Å². The molecule has 0 bridgehead atoms. The minimum Gasteiger partial charge on any atom is -0.368 e. The average molecular weight is 152 g/mol. The first kappa shape index (κ1) is 7.46. The number of nitrogens with zero attached hydrogens (tertiary/aromatic N) is 2. The Morgan fingerprint density at radius 1 is 1.64 bits per heavy atom. The zero-order chi connectivity index (χ0) is 8.43. The molecule has 0 saturated heterocycles. The maximum absolute atomic E-state index is 10.7. The Kier molecular flexibility index (Phi) is 1.72. The van der Waals surface area contributed by atoms with Gasteiger partial charge in [0.15, 0.2) is 0 Å². The van der Waals surface area contributed by atoms with Gasteiger partial charge in [-0.05, 0) is 12.5 Å². The molecule has 4 N–H and O–H groups in total. The van der Waals surface area contributed by atoms with Gasteiger partial charge in [-0.2, -0.15) is 0 Å². The monoisotopic (exact) mass is 152 g/mol. The molecule has 0 saturated carbocycles. The average Bonchev–Trinajstić information content (AvgIpc) is 1.94. The van der Waals surface area contributed by atoms with E-state index in [1.165, 1.54) is 6.20 Å². The van der Waals surface area contributed by atoms with Gasteiger partial charge < -0.3 is 11.5 Å². The van der Waals surface area contributed by atoms with Gasteiger partial charge in [-0.1, -0.05) is 0 Å². The number of rotatable bonds is 1. The number of anilines is 1. The van der Waals surface area contributed by atoms with E-state index in [1.54, 1.807) is 6.92 Å². The molecule has 1 heterocycles. The van der Waals surface area contributed by atoms with Crippen LogP contribution in [0.2, 0.25) is 0 Å². The molecule has 1 rings (SSSR count). The molecule has 0 aromatic carbocycles. The minimum atomic E-state index is -0.586. The van der Waals surface area contributed by atoms with Gasteiger partial charge in [0.05, 0.1) is 0 Å². The Morgan fingerprint density at radius 2 is 2.27 bits per heavy atom. The molecule has 0 atom stereocenters. The highest BCUT2D eigenvalue weighted by Crippen LogP contribution is 2.02. The molecule has 0 aliphatic carbocycles. The second-order valence-electron chi connectivity index (χ2n) is 2.12. The van der Waals surface area contributed by atoms with Crippen LogP contribution in [0.25, 0.3) is 0 Å². The molecule has 0 aliphatic rings. The van der Waals surface area contributed by atoms with Gasteiger partial charge in [-0.3, -0.25) is 4.79 Å². The van der Waals surface area contributed by atoms with Crippen molar-refractivity contribution in [2.45, 2.75) is 6.92 Å². The number of carbonyl (C=O) groups is 1. The summed E-state index contributed by atoms with van der Waals surface area (Å²) in [4.78, 5) is 18.0. The SMILES string of the molecule is Cc1cnc(N)nc1C(N)=O. The molecule has 11 heavy (non-hydrogen) atoms. The van der Waals surface area contributed by atoms with Crippen LogP contribution in [0.4, 0.5) is 5.95 Å². The number of hydrogen-bond acceptors (Lipinski definition) is 4. The third-order valence-electron chi connectivity index (χ3n) is 1.22. The van der Waals surface area contributed by atoms with Crippen LogP contribution in [0.15, 0.2) is 6.20 Å². The van der Waals surface area contributed by atoms with Crippen molar-refractivity contribution < 1.29 is 4.79 Å². The van der Waals surface area contributed by atoms with E-state index in [2.05, 4.69) is 9.97 Å². The summed E-state index contributed by atoms with van der Waals surface area (Å²) in [6, 6.07) is 0. The van der Waals surface area contributed by atoms with Crippen molar-refractivity contribution >= 4 is 11.9 Å². The Morgan fingerprint density at radius 3 is 2.73 bits per heavy atom. The van der Waals surface area contributed by atoms with E-state index in [1.807, 2.05) is 0 Å². The molecule has 0 radical (unpaired) electrons. The molecule has 0 spiro atoms. The zero-order valence-electron chi connectivity index (χ0n) is 6.03. The molecule has 0 aliphatic heterocycles. The van der Waals surface area contributed by atoms with E-state index < -0.39 is 5.91 Å². The molecule has 5 heteroatoms. The first-order valence-electron chi connectivity index (χ1n) is 3.00. The maximum Gasteiger partial charge on any atom is 0.267 e. The normalized spacial score (nSPS) is 9.55. The third-order valence-corrected chi connectivity index (χ3v) is 1.22. The van der Waals surface area contributed by atoms with Crippen LogP contribution in [-0.4, -0.2) is 15.9 Å². The largest absolute Gasteiger partial charge is 0.368 e. The van der Waals surface area contributed by atoms with E-state index in [0.29, 0.717) is 5.56 Å². The Hall–Kier alpha value is -1.65. The number of nitrogen functional groups attached to an aromatic ring is 1. The molecule has 0 unspecified atom stereocenters. The number of carbonyl (C=O) groups excluding carboxylic acids is 1. The van der Waals surface area contributed by atoms with Crippen molar-refractivity contribution in [3.63, 3.8) is 0 Å². The van der Waals surface area contributed by atoms with E-state index >= 15 is 0 Å². The molecule has 1 aromatic rings. The van der Waals surface area contributed by atoms with Crippen molar-refractivity contribution in [3.8, 4) is 0 Å². The maximum atomic E-state index is 10.7. The lowest BCUT2D eigenvalue weighted by Crippen LogP contribution is -2.16. The Balaban J connectivity index is 3.23. The first-order valence-corrected chi connectivity index (χ1v) is 3.00. The number of aryl methyl sites for hydroxylation is 1. The highest BCUT2D eigenvalue weighted by Gasteiger charge is 2.06. The van der Waals surface area contributed by atoms with Crippen LogP contribution in [0.5, 0.6) is 0 Å². The van der Waals surface area contributed by atoms with Crippen molar-refractivity contribution in [2.75, 3.05) is 5.73 Å². The smallest absolute Gasteiger partial charge is 0.267 e. The lowest BCUT2D eigenvalue weighted by atomic mass is 10.2. The minimum absolute atomic E-state index is 0.0596. The molecule has 5 nitrogen and oxygen atoms in total. The number of nitrogens with two attached hydrogens (primary N) is 2. The summed E-state index contributed by atoms with van der Waals surface area (Å²) in [6.45, 7) is 1.69. The van der Waals surface area contributed by atoms with Gasteiger partial charge in [-0.25, -0.2) is 9.97 Å². The van der Waals surface area contributed by atoms with E-state index in [9.17, 15) is 4.79 Å². The standard InChI is InChI=1S/C6H8N4O/c1-3-2-9-6(8)10-4(3)5(7)11/h2H,1H3,(H2,7,11)(H2,8,9,10). The fraction of sp³-hybridized carbons (Fsp3) is 0.167. The van der Waals surface area contributed by atoms with E-state index in [-0.39, 0.29) is 11.6 Å². The molecule has 58 valence electrons. The van der Waals surface area contributed by atoms with Gasteiger partial charge in [0, 0.05) is 6.20 Å². The van der Waals surface area contributed by atoms with Crippen LogP contribution < -0.4 is 11.5 Å². The second-order valence-corrected chi connectivity index (χ2v) is 2.12. The molecule has 1 amide bonds.